The summed E-state index contributed by atoms with van der Waals surface area (Å²) in [5, 5.41) is 21.0. The highest BCUT2D eigenvalue weighted by Gasteiger charge is 2.50. The third-order valence-electron chi connectivity index (χ3n) is 4.59. The van der Waals surface area contributed by atoms with Gasteiger partial charge in [0.25, 0.3) is 0 Å². The maximum atomic E-state index is 12.7. The molecule has 0 saturated carbocycles. The summed E-state index contributed by atoms with van der Waals surface area (Å²) in [4.78, 5) is 0.530. The minimum absolute atomic E-state index is 0.177. The van der Waals surface area contributed by atoms with E-state index in [1.54, 1.807) is 24.3 Å². The molecule has 138 valence electrons. The standard InChI is InChI=1S/C19H20O6S/c20-15-16(21)19(26(22)13-9-5-2-6-10-13)24-14-11-23-18(25-17(14)15)12-7-3-1-4-8-12/h1-10,14-21H,11H2/t14-,15-,16-,17-,18?,19+,26?/m1/s1. The van der Waals surface area contributed by atoms with Crippen molar-refractivity contribution in [3.05, 3.63) is 66.2 Å². The quantitative estimate of drug-likeness (QED) is 0.841. The number of rotatable bonds is 3. The first kappa shape index (κ1) is 17.8. The summed E-state index contributed by atoms with van der Waals surface area (Å²) in [5.74, 6) is 0. The highest BCUT2D eigenvalue weighted by atomic mass is 32.2. The van der Waals surface area contributed by atoms with Gasteiger partial charge in [0.05, 0.1) is 17.4 Å². The van der Waals surface area contributed by atoms with Gasteiger partial charge in [0.15, 0.2) is 11.7 Å². The Hall–Kier alpha value is -1.61. The zero-order valence-electron chi connectivity index (χ0n) is 13.9. The lowest BCUT2D eigenvalue weighted by Crippen LogP contribution is -2.62. The Bertz CT molecular complexity index is 753. The number of ether oxygens (including phenoxy) is 3. The molecule has 4 rings (SSSR count). The molecule has 2 aliphatic rings. The Balaban J connectivity index is 1.51. The van der Waals surface area contributed by atoms with Crippen LogP contribution in [0.3, 0.4) is 0 Å². The molecule has 0 radical (unpaired) electrons. The lowest BCUT2D eigenvalue weighted by molar-refractivity contribution is -0.318. The molecule has 7 heteroatoms. The maximum Gasteiger partial charge on any atom is 0.184 e. The Morgan fingerprint density at radius 3 is 2.23 bits per heavy atom. The zero-order chi connectivity index (χ0) is 18.1. The number of benzene rings is 2. The van der Waals surface area contributed by atoms with Gasteiger partial charge in [0.1, 0.15) is 24.4 Å². The van der Waals surface area contributed by atoms with Gasteiger partial charge in [0, 0.05) is 10.5 Å². The second-order valence-electron chi connectivity index (χ2n) is 6.31. The zero-order valence-corrected chi connectivity index (χ0v) is 14.7. The largest absolute Gasteiger partial charge is 0.387 e. The molecular formula is C19H20O6S. The predicted octanol–water partition coefficient (Wildman–Crippen LogP) is 1.36. The summed E-state index contributed by atoms with van der Waals surface area (Å²) < 4.78 is 30.1. The Morgan fingerprint density at radius 2 is 1.54 bits per heavy atom. The van der Waals surface area contributed by atoms with Gasteiger partial charge in [-0.3, -0.25) is 4.21 Å². The van der Waals surface area contributed by atoms with Crippen LogP contribution in [-0.2, 0) is 25.0 Å². The summed E-state index contributed by atoms with van der Waals surface area (Å²) in [6.45, 7) is 0.177. The molecule has 6 nitrogen and oxygen atoms in total. The van der Waals surface area contributed by atoms with Crippen molar-refractivity contribution in [1.29, 1.82) is 0 Å². The first-order valence-electron chi connectivity index (χ1n) is 8.44. The van der Waals surface area contributed by atoms with E-state index in [-0.39, 0.29) is 6.61 Å². The average Bonchev–Trinajstić information content (AvgIpc) is 2.71. The van der Waals surface area contributed by atoms with Crippen molar-refractivity contribution in [3.63, 3.8) is 0 Å². The van der Waals surface area contributed by atoms with Gasteiger partial charge in [-0.05, 0) is 12.1 Å². The molecule has 2 fully saturated rings. The third-order valence-corrected chi connectivity index (χ3v) is 6.14. The molecule has 7 atom stereocenters. The molecule has 2 unspecified atom stereocenters. The van der Waals surface area contributed by atoms with Crippen molar-refractivity contribution in [2.45, 2.75) is 41.0 Å². The van der Waals surface area contributed by atoms with E-state index in [1.165, 1.54) is 0 Å². The molecule has 2 aromatic rings. The number of hydrogen-bond donors (Lipinski definition) is 2. The predicted molar refractivity (Wildman–Crippen MR) is 93.5 cm³/mol. The van der Waals surface area contributed by atoms with E-state index < -0.39 is 46.9 Å². The molecule has 2 heterocycles. The van der Waals surface area contributed by atoms with E-state index >= 15 is 0 Å². The van der Waals surface area contributed by atoms with Gasteiger partial charge in [-0.2, -0.15) is 0 Å². The van der Waals surface area contributed by atoms with Crippen LogP contribution in [0, 0.1) is 0 Å². The van der Waals surface area contributed by atoms with Crippen LogP contribution < -0.4 is 0 Å². The first-order chi connectivity index (χ1) is 12.6. The number of aliphatic hydroxyl groups is 2. The van der Waals surface area contributed by atoms with Gasteiger partial charge in [-0.25, -0.2) is 0 Å². The Morgan fingerprint density at radius 1 is 0.885 bits per heavy atom. The topological polar surface area (TPSA) is 85.2 Å². The molecule has 0 bridgehead atoms. The Kier molecular flexibility index (Phi) is 5.17. The average molecular weight is 376 g/mol. The molecular weight excluding hydrogens is 356 g/mol. The fourth-order valence-corrected chi connectivity index (χ4v) is 4.57. The van der Waals surface area contributed by atoms with Gasteiger partial charge >= 0.3 is 0 Å². The molecule has 0 spiro atoms. The van der Waals surface area contributed by atoms with Crippen molar-refractivity contribution < 1.29 is 28.6 Å². The molecule has 26 heavy (non-hydrogen) atoms. The fourth-order valence-electron chi connectivity index (χ4n) is 3.22. The first-order valence-corrected chi connectivity index (χ1v) is 9.65. The van der Waals surface area contributed by atoms with Crippen LogP contribution >= 0.6 is 0 Å². The van der Waals surface area contributed by atoms with Crippen molar-refractivity contribution in [3.8, 4) is 0 Å². The van der Waals surface area contributed by atoms with E-state index in [2.05, 4.69) is 0 Å². The summed E-state index contributed by atoms with van der Waals surface area (Å²) in [6.07, 6.45) is -4.55. The van der Waals surface area contributed by atoms with Crippen LogP contribution in [0.5, 0.6) is 0 Å². The van der Waals surface area contributed by atoms with Crippen molar-refractivity contribution in [2.75, 3.05) is 6.61 Å². The van der Waals surface area contributed by atoms with Gasteiger partial charge in [-0.15, -0.1) is 0 Å². The molecule has 0 amide bonds. The smallest absolute Gasteiger partial charge is 0.184 e. The number of fused-ring (bicyclic) bond motifs is 1. The highest BCUT2D eigenvalue weighted by molar-refractivity contribution is 7.85. The molecule has 2 N–H and O–H groups in total. The lowest BCUT2D eigenvalue weighted by atomic mass is 9.99. The molecule has 0 aliphatic carbocycles. The lowest BCUT2D eigenvalue weighted by Gasteiger charge is -2.46. The minimum atomic E-state index is -1.62. The van der Waals surface area contributed by atoms with Crippen LogP contribution in [0.15, 0.2) is 65.6 Å². The number of hydrogen-bond acceptors (Lipinski definition) is 6. The monoisotopic (exact) mass is 376 g/mol. The molecule has 2 aromatic carbocycles. The Labute approximate surface area is 153 Å². The van der Waals surface area contributed by atoms with Gasteiger partial charge < -0.3 is 24.4 Å². The van der Waals surface area contributed by atoms with Gasteiger partial charge in [-0.1, -0.05) is 48.5 Å². The fraction of sp³-hybridized carbons (Fsp3) is 0.368. The van der Waals surface area contributed by atoms with E-state index in [0.29, 0.717) is 4.90 Å². The third kappa shape index (κ3) is 3.34. The molecule has 2 aliphatic heterocycles. The number of aliphatic hydroxyl groups excluding tert-OH is 2. The van der Waals surface area contributed by atoms with E-state index in [1.807, 2.05) is 36.4 Å². The maximum absolute atomic E-state index is 12.7. The SMILES string of the molecule is O=S(c1ccccc1)[C@@H]1O[C@@H]2COC(c3ccccc3)O[C@H]2[C@H](O)[C@H]1O. The highest BCUT2D eigenvalue weighted by Crippen LogP contribution is 2.35. The summed E-state index contributed by atoms with van der Waals surface area (Å²) in [7, 11) is -1.62. The van der Waals surface area contributed by atoms with Crippen LogP contribution in [0.4, 0.5) is 0 Å². The molecule has 0 aromatic heterocycles. The van der Waals surface area contributed by atoms with Crippen LogP contribution in [0.2, 0.25) is 0 Å². The summed E-state index contributed by atoms with van der Waals surface area (Å²) in [5.41, 5.74) is -0.225. The minimum Gasteiger partial charge on any atom is -0.387 e. The van der Waals surface area contributed by atoms with E-state index in [4.69, 9.17) is 14.2 Å². The van der Waals surface area contributed by atoms with Crippen molar-refractivity contribution >= 4 is 10.8 Å². The summed E-state index contributed by atoms with van der Waals surface area (Å²) >= 11 is 0. The van der Waals surface area contributed by atoms with Crippen LogP contribution in [0.1, 0.15) is 11.9 Å². The van der Waals surface area contributed by atoms with Gasteiger partial charge in [0.2, 0.25) is 0 Å². The normalized spacial score (nSPS) is 35.5. The van der Waals surface area contributed by atoms with E-state index in [9.17, 15) is 14.4 Å². The van der Waals surface area contributed by atoms with Crippen LogP contribution in [0.25, 0.3) is 0 Å². The van der Waals surface area contributed by atoms with E-state index in [0.717, 1.165) is 5.56 Å². The summed E-state index contributed by atoms with van der Waals surface area (Å²) in [6, 6.07) is 18.1. The molecule has 2 saturated heterocycles. The second kappa shape index (κ2) is 7.56. The van der Waals surface area contributed by atoms with Crippen molar-refractivity contribution in [1.82, 2.24) is 0 Å². The van der Waals surface area contributed by atoms with Crippen LogP contribution in [-0.4, -0.2) is 50.9 Å². The second-order valence-corrected chi connectivity index (χ2v) is 7.84. The van der Waals surface area contributed by atoms with Crippen molar-refractivity contribution in [2.24, 2.45) is 0 Å².